The second kappa shape index (κ2) is 5.22. The highest BCUT2D eigenvalue weighted by Gasteiger charge is 1.77. The number of hydrogen-bond donors (Lipinski definition) is 0. The van der Waals surface area contributed by atoms with Gasteiger partial charge in [-0.15, -0.1) is 0 Å². The monoisotopic (exact) mass is 101 g/mol. The lowest BCUT2D eigenvalue weighted by atomic mass is 10.6. The first-order valence-electron chi connectivity index (χ1n) is 2.69. The van der Waals surface area contributed by atoms with Crippen LogP contribution in [0, 0.1) is 6.04 Å². The molecule has 0 aromatic heterocycles. The van der Waals surface area contributed by atoms with Gasteiger partial charge in [0, 0.05) is 9.52 Å². The van der Waals surface area contributed by atoms with Crippen molar-refractivity contribution in [2.45, 2.75) is 26.3 Å². The second-order valence-corrected chi connectivity index (χ2v) is 3.65. The molecule has 0 aromatic rings. The minimum absolute atomic E-state index is 0.297. The fourth-order valence-corrected chi connectivity index (χ4v) is 1.22. The van der Waals surface area contributed by atoms with Crippen LogP contribution >= 0.6 is 0 Å². The zero-order valence-electron chi connectivity index (χ0n) is 4.70. The number of hydrogen-bond acceptors (Lipinski definition) is 0. The zero-order chi connectivity index (χ0) is 4.83. The van der Waals surface area contributed by atoms with E-state index in [2.05, 4.69) is 19.9 Å². The van der Waals surface area contributed by atoms with Crippen LogP contribution in [0.3, 0.4) is 0 Å². The third-order valence-corrected chi connectivity index (χ3v) is 2.54. The summed E-state index contributed by atoms with van der Waals surface area (Å²) < 4.78 is 0. The lowest BCUT2D eigenvalue weighted by molar-refractivity contribution is 1.07. The highest BCUT2D eigenvalue weighted by Crippen LogP contribution is 1.85. The predicted molar refractivity (Wildman–Crippen MR) is 33.6 cm³/mol. The van der Waals surface area contributed by atoms with Crippen LogP contribution in [0.4, 0.5) is 0 Å². The highest BCUT2D eigenvalue weighted by molar-refractivity contribution is 6.39. The predicted octanol–water partition coefficient (Wildman–Crippen LogP) is 1.17. The van der Waals surface area contributed by atoms with Crippen LogP contribution in [0.5, 0.6) is 0 Å². The van der Waals surface area contributed by atoms with Crippen LogP contribution in [-0.4, -0.2) is 9.52 Å². The molecule has 0 saturated carbocycles. The summed E-state index contributed by atoms with van der Waals surface area (Å²) in [5.74, 6) is 0. The van der Waals surface area contributed by atoms with Crippen molar-refractivity contribution < 1.29 is 0 Å². The summed E-state index contributed by atoms with van der Waals surface area (Å²) in [6.07, 6.45) is 1.39. The van der Waals surface area contributed by atoms with Gasteiger partial charge in [0.25, 0.3) is 0 Å². The average Bonchev–Trinajstić information content (AvgIpc) is 1.61. The molecule has 6 heavy (non-hydrogen) atoms. The second-order valence-electron chi connectivity index (χ2n) is 1.55. The standard InChI is InChI=1S/C5H13Si/c1-3-5-6-4-2/h4H,3,5-6H2,1-2H3. The van der Waals surface area contributed by atoms with Crippen LogP contribution in [-0.2, 0) is 0 Å². The SMILES string of the molecule is C[CH][SiH2]CCC. The summed E-state index contributed by atoms with van der Waals surface area (Å²) in [4.78, 5) is 0. The topological polar surface area (TPSA) is 0 Å². The first kappa shape index (κ1) is 6.22. The number of rotatable bonds is 3. The van der Waals surface area contributed by atoms with Crippen LogP contribution in [0.25, 0.3) is 0 Å². The molecule has 37 valence electrons. The van der Waals surface area contributed by atoms with Gasteiger partial charge in [-0.3, -0.25) is 0 Å². The molecule has 0 spiro atoms. The van der Waals surface area contributed by atoms with Gasteiger partial charge in [-0.25, -0.2) is 0 Å². The molecule has 0 heterocycles. The Labute approximate surface area is 42.8 Å². The maximum Gasteiger partial charge on any atom is 0.0227 e. The molecule has 0 aliphatic heterocycles. The summed E-state index contributed by atoms with van der Waals surface area (Å²) in [5.41, 5.74) is 0. The molecule has 1 heteroatoms. The van der Waals surface area contributed by atoms with Gasteiger partial charge in [0.1, 0.15) is 0 Å². The summed E-state index contributed by atoms with van der Waals surface area (Å²) >= 11 is 0. The van der Waals surface area contributed by atoms with E-state index in [9.17, 15) is 0 Å². The smallest absolute Gasteiger partial charge is 0.0227 e. The third-order valence-electron chi connectivity index (χ3n) is 0.846. The van der Waals surface area contributed by atoms with Crippen molar-refractivity contribution in [1.82, 2.24) is 0 Å². The molecule has 0 unspecified atom stereocenters. The molecular weight excluding hydrogens is 88.1 g/mol. The van der Waals surface area contributed by atoms with Gasteiger partial charge in [-0.1, -0.05) is 32.4 Å². The van der Waals surface area contributed by atoms with E-state index < -0.39 is 0 Å². The summed E-state index contributed by atoms with van der Waals surface area (Å²) in [5, 5.41) is 0. The zero-order valence-corrected chi connectivity index (χ0v) is 6.11. The molecule has 0 saturated heterocycles. The van der Waals surface area contributed by atoms with Crippen molar-refractivity contribution in [3.8, 4) is 0 Å². The molecule has 0 aliphatic rings. The van der Waals surface area contributed by atoms with Gasteiger partial charge in [0.2, 0.25) is 0 Å². The van der Waals surface area contributed by atoms with E-state index in [4.69, 9.17) is 0 Å². The maximum absolute atomic E-state index is 2.35. The molecule has 0 bridgehead atoms. The fourth-order valence-electron chi connectivity index (χ4n) is 0.408. The summed E-state index contributed by atoms with van der Waals surface area (Å²) in [7, 11) is 0.297. The van der Waals surface area contributed by atoms with Crippen molar-refractivity contribution in [3.63, 3.8) is 0 Å². The van der Waals surface area contributed by atoms with Crippen molar-refractivity contribution in [2.75, 3.05) is 0 Å². The molecule has 0 fully saturated rings. The molecule has 0 amide bonds. The molecule has 0 N–H and O–H groups in total. The van der Waals surface area contributed by atoms with E-state index in [1.807, 2.05) is 0 Å². The average molecular weight is 101 g/mol. The van der Waals surface area contributed by atoms with Crippen LogP contribution < -0.4 is 0 Å². The van der Waals surface area contributed by atoms with Crippen molar-refractivity contribution in [1.29, 1.82) is 0 Å². The van der Waals surface area contributed by atoms with Gasteiger partial charge >= 0.3 is 0 Å². The van der Waals surface area contributed by atoms with E-state index in [1.54, 1.807) is 0 Å². The van der Waals surface area contributed by atoms with Gasteiger partial charge in [-0.05, 0) is 0 Å². The van der Waals surface area contributed by atoms with Crippen molar-refractivity contribution in [3.05, 3.63) is 6.04 Å². The molecule has 0 aromatic carbocycles. The first-order valence-corrected chi connectivity index (χ1v) is 4.51. The van der Waals surface area contributed by atoms with E-state index in [0.29, 0.717) is 9.52 Å². The Morgan fingerprint density at radius 1 is 1.67 bits per heavy atom. The minimum atomic E-state index is 0.297. The quantitative estimate of drug-likeness (QED) is 0.370. The van der Waals surface area contributed by atoms with Crippen molar-refractivity contribution in [2.24, 2.45) is 0 Å². The maximum atomic E-state index is 2.35. The Bertz CT molecular complexity index is 15.9. The van der Waals surface area contributed by atoms with Gasteiger partial charge < -0.3 is 0 Å². The largest absolute Gasteiger partial charge is 0.0657 e. The summed E-state index contributed by atoms with van der Waals surface area (Å²) in [6.45, 7) is 4.42. The Hall–Kier alpha value is 0.217. The van der Waals surface area contributed by atoms with Gasteiger partial charge in [0.05, 0.1) is 0 Å². The molecule has 0 nitrogen and oxygen atoms in total. The van der Waals surface area contributed by atoms with E-state index in [0.717, 1.165) is 0 Å². The van der Waals surface area contributed by atoms with E-state index in [1.165, 1.54) is 12.5 Å². The molecule has 1 radical (unpaired) electrons. The molecule has 0 rings (SSSR count). The van der Waals surface area contributed by atoms with Crippen molar-refractivity contribution >= 4 is 9.52 Å². The minimum Gasteiger partial charge on any atom is -0.0657 e. The van der Waals surface area contributed by atoms with Crippen LogP contribution in [0.15, 0.2) is 0 Å². The third kappa shape index (κ3) is 4.22. The first-order chi connectivity index (χ1) is 2.91. The lowest BCUT2D eigenvalue weighted by Gasteiger charge is -1.84. The Morgan fingerprint density at radius 2 is 2.33 bits per heavy atom. The van der Waals surface area contributed by atoms with E-state index in [-0.39, 0.29) is 0 Å². The molecule has 0 aliphatic carbocycles. The highest BCUT2D eigenvalue weighted by atomic mass is 28.2. The Balaban J connectivity index is 2.34. The van der Waals surface area contributed by atoms with Gasteiger partial charge in [0.15, 0.2) is 0 Å². The molecule has 0 atom stereocenters. The van der Waals surface area contributed by atoms with Crippen LogP contribution in [0.1, 0.15) is 20.3 Å². The van der Waals surface area contributed by atoms with Crippen LogP contribution in [0.2, 0.25) is 6.04 Å². The summed E-state index contributed by atoms with van der Waals surface area (Å²) in [6, 6.07) is 3.85. The van der Waals surface area contributed by atoms with Gasteiger partial charge in [-0.2, -0.15) is 0 Å². The normalized spacial score (nSPS) is 11.0. The van der Waals surface area contributed by atoms with E-state index >= 15 is 0 Å². The fraction of sp³-hybridized carbons (Fsp3) is 0.800. The Morgan fingerprint density at radius 3 is 2.50 bits per heavy atom. The Kier molecular flexibility index (Phi) is 5.41. The molecular formula is C5H13Si. The lowest BCUT2D eigenvalue weighted by Crippen LogP contribution is -1.83.